The molecule has 0 unspecified atom stereocenters. The van der Waals surface area contributed by atoms with E-state index in [4.69, 9.17) is 9.47 Å². The van der Waals surface area contributed by atoms with E-state index >= 15 is 0 Å². The lowest BCUT2D eigenvalue weighted by Crippen LogP contribution is -2.36. The number of aromatic nitrogens is 1. The summed E-state index contributed by atoms with van der Waals surface area (Å²) in [5, 5.41) is 6.29. The minimum absolute atomic E-state index is 0. The number of aryl methyl sites for hydroxylation is 1. The fraction of sp³-hybridized carbons (Fsp3) is 0.400. The molecule has 0 aliphatic heterocycles. The molecule has 1 aromatic carbocycles. The summed E-state index contributed by atoms with van der Waals surface area (Å²) in [5.41, 5.74) is 2.50. The number of halogens is 2. The Kier molecular flexibility index (Phi) is 11.4. The maximum Gasteiger partial charge on any atom is 0.191 e. The van der Waals surface area contributed by atoms with Gasteiger partial charge in [0.15, 0.2) is 5.96 Å². The van der Waals surface area contributed by atoms with E-state index < -0.39 is 0 Å². The van der Waals surface area contributed by atoms with Gasteiger partial charge in [0.1, 0.15) is 11.6 Å². The van der Waals surface area contributed by atoms with Crippen LogP contribution in [0, 0.1) is 12.7 Å². The number of methoxy groups -OCH3 is 1. The summed E-state index contributed by atoms with van der Waals surface area (Å²) >= 11 is 0. The highest BCUT2D eigenvalue weighted by Crippen LogP contribution is 2.20. The molecule has 0 saturated heterocycles. The predicted molar refractivity (Wildman–Crippen MR) is 120 cm³/mol. The zero-order valence-electron chi connectivity index (χ0n) is 16.5. The fourth-order valence-electron chi connectivity index (χ4n) is 2.44. The Bertz CT molecular complexity index is 759. The Balaban J connectivity index is 0.00000392. The third-order valence-corrected chi connectivity index (χ3v) is 3.90. The van der Waals surface area contributed by atoms with Crippen LogP contribution < -0.4 is 15.4 Å². The van der Waals surface area contributed by atoms with Gasteiger partial charge in [0.25, 0.3) is 0 Å². The van der Waals surface area contributed by atoms with Gasteiger partial charge in [-0.1, -0.05) is 12.1 Å². The van der Waals surface area contributed by atoms with Gasteiger partial charge in [0.05, 0.1) is 18.8 Å². The Morgan fingerprint density at radius 3 is 2.68 bits per heavy atom. The van der Waals surface area contributed by atoms with Crippen LogP contribution in [0.1, 0.15) is 23.2 Å². The zero-order chi connectivity index (χ0) is 19.5. The van der Waals surface area contributed by atoms with Crippen LogP contribution in [0.3, 0.4) is 0 Å². The van der Waals surface area contributed by atoms with E-state index in [-0.39, 0.29) is 36.3 Å². The average molecular weight is 502 g/mol. The maximum absolute atomic E-state index is 13.7. The molecule has 2 rings (SSSR count). The minimum atomic E-state index is -0.342. The SMILES string of the molecule is CN=C(NCc1ccc(C)cc1OCCCOC)NCc1ncccc1F.I. The van der Waals surface area contributed by atoms with Crippen molar-refractivity contribution in [1.29, 1.82) is 0 Å². The number of nitrogens with one attached hydrogen (secondary N) is 2. The van der Waals surface area contributed by atoms with Gasteiger partial charge in [-0.15, -0.1) is 24.0 Å². The molecule has 2 aromatic rings. The second-order valence-electron chi connectivity index (χ2n) is 6.02. The van der Waals surface area contributed by atoms with Crippen LogP contribution in [-0.2, 0) is 17.8 Å². The van der Waals surface area contributed by atoms with E-state index in [1.54, 1.807) is 26.4 Å². The van der Waals surface area contributed by atoms with E-state index in [0.717, 1.165) is 23.3 Å². The lowest BCUT2D eigenvalue weighted by Gasteiger charge is -2.15. The Hall–Kier alpha value is -1.94. The fourth-order valence-corrected chi connectivity index (χ4v) is 2.44. The molecule has 0 amide bonds. The number of hydrogen-bond acceptors (Lipinski definition) is 4. The van der Waals surface area contributed by atoms with E-state index in [0.29, 0.717) is 31.4 Å². The number of ether oxygens (including phenoxy) is 2. The number of guanidine groups is 1. The van der Waals surface area contributed by atoms with Crippen molar-refractivity contribution in [3.8, 4) is 5.75 Å². The highest BCUT2D eigenvalue weighted by molar-refractivity contribution is 14.0. The molecule has 0 spiro atoms. The number of benzene rings is 1. The molecule has 0 radical (unpaired) electrons. The van der Waals surface area contributed by atoms with Gasteiger partial charge >= 0.3 is 0 Å². The van der Waals surface area contributed by atoms with E-state index in [2.05, 4.69) is 20.6 Å². The average Bonchev–Trinajstić information content (AvgIpc) is 2.68. The summed E-state index contributed by atoms with van der Waals surface area (Å²) in [6, 6.07) is 9.04. The van der Waals surface area contributed by atoms with Crippen molar-refractivity contribution in [3.63, 3.8) is 0 Å². The second-order valence-corrected chi connectivity index (χ2v) is 6.02. The van der Waals surface area contributed by atoms with Crippen molar-refractivity contribution in [2.75, 3.05) is 27.4 Å². The summed E-state index contributed by atoms with van der Waals surface area (Å²) in [6.45, 7) is 4.07. The monoisotopic (exact) mass is 502 g/mol. The molecule has 0 aliphatic carbocycles. The number of nitrogens with zero attached hydrogens (tertiary/aromatic N) is 2. The van der Waals surface area contributed by atoms with Crippen molar-refractivity contribution in [2.24, 2.45) is 4.99 Å². The summed E-state index contributed by atoms with van der Waals surface area (Å²) in [5.74, 6) is 1.06. The molecular formula is C20H28FIN4O2. The smallest absolute Gasteiger partial charge is 0.191 e. The lowest BCUT2D eigenvalue weighted by atomic mass is 10.1. The zero-order valence-corrected chi connectivity index (χ0v) is 18.8. The number of rotatable bonds is 9. The second kappa shape index (κ2) is 13.3. The summed E-state index contributed by atoms with van der Waals surface area (Å²) in [7, 11) is 3.35. The van der Waals surface area contributed by atoms with Gasteiger partial charge in [-0.05, 0) is 30.7 Å². The van der Waals surface area contributed by atoms with Gasteiger partial charge in [-0.25, -0.2) is 4.39 Å². The molecule has 1 aromatic heterocycles. The minimum Gasteiger partial charge on any atom is -0.493 e. The number of aliphatic imine (C=N–C) groups is 1. The molecule has 2 N–H and O–H groups in total. The van der Waals surface area contributed by atoms with Crippen molar-refractivity contribution < 1.29 is 13.9 Å². The largest absolute Gasteiger partial charge is 0.493 e. The number of hydrogen-bond donors (Lipinski definition) is 2. The van der Waals surface area contributed by atoms with Gasteiger partial charge in [-0.2, -0.15) is 0 Å². The van der Waals surface area contributed by atoms with Crippen LogP contribution in [0.15, 0.2) is 41.5 Å². The van der Waals surface area contributed by atoms with Crippen molar-refractivity contribution >= 4 is 29.9 Å². The predicted octanol–water partition coefficient (Wildman–Crippen LogP) is 3.43. The molecular weight excluding hydrogens is 474 g/mol. The number of pyridine rings is 1. The molecule has 8 heteroatoms. The van der Waals surface area contributed by atoms with E-state index in [1.165, 1.54) is 6.07 Å². The third-order valence-electron chi connectivity index (χ3n) is 3.90. The third kappa shape index (κ3) is 7.97. The topological polar surface area (TPSA) is 67.8 Å². The molecule has 28 heavy (non-hydrogen) atoms. The first-order chi connectivity index (χ1) is 13.1. The lowest BCUT2D eigenvalue weighted by molar-refractivity contribution is 0.171. The van der Waals surface area contributed by atoms with Crippen LogP contribution >= 0.6 is 24.0 Å². The molecule has 1 heterocycles. The highest BCUT2D eigenvalue weighted by Gasteiger charge is 2.07. The normalized spacial score (nSPS) is 10.9. The summed E-state index contributed by atoms with van der Waals surface area (Å²) < 4.78 is 24.6. The molecule has 154 valence electrons. The highest BCUT2D eigenvalue weighted by atomic mass is 127. The molecule has 0 atom stereocenters. The van der Waals surface area contributed by atoms with Crippen molar-refractivity contribution in [1.82, 2.24) is 15.6 Å². The van der Waals surface area contributed by atoms with Crippen LogP contribution in [0.25, 0.3) is 0 Å². The van der Waals surface area contributed by atoms with Crippen LogP contribution in [-0.4, -0.2) is 38.3 Å². The molecule has 0 saturated carbocycles. The van der Waals surface area contributed by atoms with Gasteiger partial charge in [-0.3, -0.25) is 9.98 Å². The first-order valence-corrected chi connectivity index (χ1v) is 8.89. The maximum atomic E-state index is 13.7. The van der Waals surface area contributed by atoms with E-state index in [1.807, 2.05) is 25.1 Å². The Morgan fingerprint density at radius 2 is 1.96 bits per heavy atom. The van der Waals surface area contributed by atoms with Crippen LogP contribution in [0.5, 0.6) is 5.75 Å². The van der Waals surface area contributed by atoms with Gasteiger partial charge < -0.3 is 20.1 Å². The summed E-state index contributed by atoms with van der Waals surface area (Å²) in [4.78, 5) is 8.19. The van der Waals surface area contributed by atoms with Gasteiger partial charge in [0.2, 0.25) is 0 Å². The van der Waals surface area contributed by atoms with E-state index in [9.17, 15) is 4.39 Å². The van der Waals surface area contributed by atoms with Crippen LogP contribution in [0.2, 0.25) is 0 Å². The molecule has 0 fully saturated rings. The molecule has 0 aliphatic rings. The molecule has 6 nitrogen and oxygen atoms in total. The van der Waals surface area contributed by atoms with Crippen molar-refractivity contribution in [2.45, 2.75) is 26.4 Å². The summed E-state index contributed by atoms with van der Waals surface area (Å²) in [6.07, 6.45) is 2.39. The molecule has 0 bridgehead atoms. The van der Waals surface area contributed by atoms with Crippen LogP contribution in [0.4, 0.5) is 4.39 Å². The Labute approximate surface area is 183 Å². The van der Waals surface area contributed by atoms with Gasteiger partial charge in [0, 0.05) is 45.5 Å². The quantitative estimate of drug-likeness (QED) is 0.238. The Morgan fingerprint density at radius 1 is 1.18 bits per heavy atom. The van der Waals surface area contributed by atoms with Crippen molar-refractivity contribution in [3.05, 3.63) is 59.2 Å². The first kappa shape index (κ1) is 24.1. The first-order valence-electron chi connectivity index (χ1n) is 8.89. The standard InChI is InChI=1S/C20H27FN4O2.HI/c1-15-7-8-16(19(12-15)27-11-5-10-26-3)13-24-20(22-2)25-14-18-17(21)6-4-9-23-18;/h4,6-9,12H,5,10-11,13-14H2,1-3H3,(H2,22,24,25);1H.